The fraction of sp³-hybridized carbons (Fsp3) is 0.797. The smallest absolute Gasteiger partial charge is 0.343 e. The van der Waals surface area contributed by atoms with E-state index >= 15 is 4.79 Å². The van der Waals surface area contributed by atoms with Gasteiger partial charge in [-0.25, -0.2) is 0 Å². The normalized spacial score (nSPS) is 29.7. The number of hydrogen-bond acceptors (Lipinski definition) is 13. The number of likely N-dealkylation sites (tertiary alicyclic amines) is 1. The maximum atomic E-state index is 15.1. The van der Waals surface area contributed by atoms with Gasteiger partial charge in [-0.15, -0.1) is 25.5 Å². The lowest BCUT2D eigenvalue weighted by atomic mass is 9.82. The molecule has 98 heavy (non-hydrogen) atoms. The number of nitrogens with zero attached hydrogens (tertiary/aromatic N) is 8. The fourth-order valence-electron chi connectivity index (χ4n) is 13.8. The van der Waals surface area contributed by atoms with E-state index < -0.39 is 163 Å². The van der Waals surface area contributed by atoms with E-state index in [1.165, 1.54) is 70.8 Å². The zero-order valence-electron chi connectivity index (χ0n) is 60.1. The average molecular weight is 1500 g/mol. The third kappa shape index (κ3) is 22.6. The summed E-state index contributed by atoms with van der Waals surface area (Å²) in [4.78, 5) is 187. The van der Waals surface area contributed by atoms with Crippen LogP contribution in [0.5, 0.6) is 0 Å². The highest BCUT2D eigenvalue weighted by Crippen LogP contribution is 2.36. The van der Waals surface area contributed by atoms with Crippen LogP contribution in [0.1, 0.15) is 177 Å². The Morgan fingerprint density at radius 1 is 0.633 bits per heavy atom. The number of halogens is 4. The molecule has 0 aromatic carbocycles. The summed E-state index contributed by atoms with van der Waals surface area (Å²) < 4.78 is 44.6. The van der Waals surface area contributed by atoms with Crippen LogP contribution < -0.4 is 21.3 Å². The summed E-state index contributed by atoms with van der Waals surface area (Å²) in [5.41, 5.74) is -1.77. The van der Waals surface area contributed by atoms with Crippen molar-refractivity contribution < 1.29 is 75.4 Å². The molecule has 29 heteroatoms. The third-order valence-electron chi connectivity index (χ3n) is 20.6. The summed E-state index contributed by atoms with van der Waals surface area (Å²) in [6.45, 7) is 13.4. The van der Waals surface area contributed by atoms with E-state index in [9.17, 15) is 65.9 Å². The molecule has 4 N–H and O–H groups in total. The molecule has 5 aliphatic rings. The number of piperidine rings is 1. The third-order valence-corrected chi connectivity index (χ3v) is 21.7. The number of ether oxygens (including phenoxy) is 1. The van der Waals surface area contributed by atoms with Crippen molar-refractivity contribution in [3.05, 3.63) is 0 Å². The highest BCUT2D eigenvalue weighted by Gasteiger charge is 2.47. The van der Waals surface area contributed by atoms with Gasteiger partial charge >= 0.3 is 6.36 Å². The number of carbonyl (C=O) groups is 12. The van der Waals surface area contributed by atoms with Gasteiger partial charge in [-0.1, -0.05) is 83.4 Å². The molecule has 12 amide bonds. The largest absolute Gasteiger partial charge is 0.522 e. The van der Waals surface area contributed by atoms with Crippen molar-refractivity contribution in [2.75, 3.05) is 75.0 Å². The Kier molecular flexibility index (Phi) is 31.0. The quantitative estimate of drug-likeness (QED) is 0.112. The standard InChI is InChI=1S/C69H110F3IN12O13/c1-16-22-48-62(92)83(15)68(8,9)67(97)76-50(33-41(3)4)61(91)81(13)54(65(95)84-30-19-18-20-31-84)38-56(87)80(12)52(34-42(5)6)60(90)77-58(43(7)17-2)66(96)79(11)40-57(88)85-32-29-51(85)64(94)82(14)53(37-44-25-27-47(28-26-44)98-69(70,71)72)63(93)78(10)39-55(86)74-49(59(89)75-48)36-45-23-21-24-46(73)35-45/h1,41-54,58H,17-40H2,2-15H3,(H,74,86)(H,75,89)(H,76,97)(H,77,90)/t43-,44?,45?,46?,47?,48-,49-,50-,51-,52-,53-,54-,58-/m0/s1. The molecule has 25 nitrogen and oxygen atoms in total. The van der Waals surface area contributed by atoms with E-state index in [-0.39, 0.29) is 98.3 Å². The van der Waals surface area contributed by atoms with Gasteiger partial charge in [0.1, 0.15) is 53.9 Å². The summed E-state index contributed by atoms with van der Waals surface area (Å²) in [5, 5.41) is 11.3. The highest BCUT2D eigenvalue weighted by molar-refractivity contribution is 14.1. The molecule has 0 bridgehead atoms. The first-order chi connectivity index (χ1) is 45.8. The van der Waals surface area contributed by atoms with E-state index in [4.69, 9.17) is 6.42 Å². The molecule has 3 aliphatic heterocycles. The van der Waals surface area contributed by atoms with Crippen LogP contribution in [0.25, 0.3) is 0 Å². The summed E-state index contributed by atoms with van der Waals surface area (Å²) in [6, 6.07) is -10.4. The average Bonchev–Trinajstić information content (AvgIpc) is 0.798. The lowest BCUT2D eigenvalue weighted by Gasteiger charge is -2.44. The Morgan fingerprint density at radius 3 is 1.82 bits per heavy atom. The van der Waals surface area contributed by atoms with E-state index in [1.807, 2.05) is 34.6 Å². The maximum Gasteiger partial charge on any atom is 0.522 e. The number of carbonyl (C=O) groups excluding carboxylic acids is 12. The van der Waals surface area contributed by atoms with Crippen molar-refractivity contribution in [3.63, 3.8) is 0 Å². The van der Waals surface area contributed by atoms with Crippen LogP contribution in [0.15, 0.2) is 0 Å². The number of alkyl halides is 4. The minimum absolute atomic E-state index is 0.0104. The first-order valence-corrected chi connectivity index (χ1v) is 36.2. The van der Waals surface area contributed by atoms with Gasteiger partial charge in [0.25, 0.3) is 0 Å². The molecular weight excluding hydrogens is 1390 g/mol. The van der Waals surface area contributed by atoms with E-state index in [0.717, 1.165) is 45.3 Å². The molecule has 0 aromatic rings. The van der Waals surface area contributed by atoms with Gasteiger partial charge in [-0.05, 0) is 133 Å². The van der Waals surface area contributed by atoms with Gasteiger partial charge in [-0.3, -0.25) is 62.3 Å². The fourth-order valence-corrected chi connectivity index (χ4v) is 15.0. The van der Waals surface area contributed by atoms with E-state index in [2.05, 4.69) is 54.5 Å². The highest BCUT2D eigenvalue weighted by atomic mass is 127. The Labute approximate surface area is 591 Å². The van der Waals surface area contributed by atoms with Gasteiger partial charge in [-0.2, -0.15) is 0 Å². The lowest BCUT2D eigenvalue weighted by molar-refractivity contribution is -0.345. The van der Waals surface area contributed by atoms with Crippen LogP contribution in [-0.4, -0.2) is 255 Å². The molecule has 5 fully saturated rings. The van der Waals surface area contributed by atoms with Crippen LogP contribution in [-0.2, 0) is 62.3 Å². The van der Waals surface area contributed by atoms with Crippen molar-refractivity contribution in [1.82, 2.24) is 60.5 Å². The molecule has 0 radical (unpaired) electrons. The molecule has 11 atom stereocenters. The summed E-state index contributed by atoms with van der Waals surface area (Å²) in [6.07, 6.45) is 5.57. The predicted octanol–water partition coefficient (Wildman–Crippen LogP) is 4.61. The molecule has 2 unspecified atom stereocenters. The molecular formula is C69H110F3IN12O13. The van der Waals surface area contributed by atoms with Crippen molar-refractivity contribution >= 4 is 93.5 Å². The van der Waals surface area contributed by atoms with Gasteiger partial charge in [0.15, 0.2) is 0 Å². The number of amides is 12. The Morgan fingerprint density at radius 2 is 1.26 bits per heavy atom. The Balaban J connectivity index is 1.60. The molecule has 0 aromatic heterocycles. The summed E-state index contributed by atoms with van der Waals surface area (Å²) >= 11 is 2.35. The number of nitrogens with one attached hydrogen (secondary N) is 4. The second kappa shape index (κ2) is 36.9. The molecule has 3 heterocycles. The minimum Gasteiger partial charge on any atom is -0.343 e. The van der Waals surface area contributed by atoms with Crippen LogP contribution in [0.2, 0.25) is 0 Å². The molecule has 5 rings (SSSR count). The first kappa shape index (κ1) is 82.3. The summed E-state index contributed by atoms with van der Waals surface area (Å²) in [5.74, 6) is -7.40. The van der Waals surface area contributed by atoms with Crippen molar-refractivity contribution in [3.8, 4) is 12.3 Å². The number of rotatable bonds is 13. The van der Waals surface area contributed by atoms with E-state index in [1.54, 1.807) is 11.8 Å². The van der Waals surface area contributed by atoms with Crippen LogP contribution >= 0.6 is 22.6 Å². The first-order valence-electron chi connectivity index (χ1n) is 35.0. The van der Waals surface area contributed by atoms with Crippen molar-refractivity contribution in [2.45, 2.75) is 248 Å². The predicted molar refractivity (Wildman–Crippen MR) is 368 cm³/mol. The molecule has 2 saturated carbocycles. The second-order valence-electron chi connectivity index (χ2n) is 29.3. The van der Waals surface area contributed by atoms with Crippen LogP contribution in [0.3, 0.4) is 0 Å². The van der Waals surface area contributed by atoms with Gasteiger partial charge < -0.3 is 60.5 Å². The van der Waals surface area contributed by atoms with Crippen molar-refractivity contribution in [2.24, 2.45) is 29.6 Å². The lowest BCUT2D eigenvalue weighted by Crippen LogP contribution is -2.64. The van der Waals surface area contributed by atoms with Crippen LogP contribution in [0, 0.1) is 41.9 Å². The Hall–Kier alpha value is -6.32. The van der Waals surface area contributed by atoms with Gasteiger partial charge in [0.05, 0.1) is 25.6 Å². The number of likely N-dealkylation sites (N-methyl/N-ethyl adjacent to an activating group) is 6. The van der Waals surface area contributed by atoms with Crippen molar-refractivity contribution in [1.29, 1.82) is 0 Å². The maximum absolute atomic E-state index is 15.1. The monoisotopic (exact) mass is 1500 g/mol. The number of terminal acetylenes is 1. The number of hydrogen-bond donors (Lipinski definition) is 4. The summed E-state index contributed by atoms with van der Waals surface area (Å²) in [7, 11) is 8.21. The molecule has 0 spiro atoms. The SMILES string of the molecule is C#CC[C@@H]1NC(=O)[C@H](CC2CCCC(I)C2)NC(=O)CN(C)C(=O)[C@H](CC2CCC(OC(F)(F)F)CC2)N(C)C(=O)[C@@H]2CCN2C(=O)CN(C)C(=O)[C@H]([C@@H](C)CC)NC(=O)[C@H](CC(C)C)N(C)C(=O)C[C@@H](C(=O)N2CCCCC2)N(C)C(=O)[C@H](CC(C)C)NC(=O)C(C)(C)N(C)C1=O. The van der Waals surface area contributed by atoms with E-state index in [0.29, 0.717) is 38.8 Å². The van der Waals surface area contributed by atoms with Gasteiger partial charge in [0.2, 0.25) is 70.9 Å². The van der Waals surface area contributed by atoms with Gasteiger partial charge in [0, 0.05) is 72.3 Å². The zero-order chi connectivity index (χ0) is 73.4. The Bertz CT molecular complexity index is 2880. The minimum atomic E-state index is -4.86. The molecule has 2 aliphatic carbocycles. The second-order valence-corrected chi connectivity index (χ2v) is 31.1. The topological polar surface area (TPSA) is 288 Å². The zero-order valence-corrected chi connectivity index (χ0v) is 62.3. The molecule has 3 saturated heterocycles. The number of fused-ring (bicyclic) bond motifs is 1. The molecule has 552 valence electrons. The van der Waals surface area contributed by atoms with Crippen LogP contribution in [0.4, 0.5) is 13.2 Å².